The van der Waals surface area contributed by atoms with Crippen molar-refractivity contribution in [3.8, 4) is 11.5 Å². The Labute approximate surface area is 123 Å². The van der Waals surface area contributed by atoms with E-state index in [1.807, 2.05) is 0 Å². The second-order valence-corrected chi connectivity index (χ2v) is 6.16. The summed E-state index contributed by atoms with van der Waals surface area (Å²) in [5.41, 5.74) is 6.29. The summed E-state index contributed by atoms with van der Waals surface area (Å²) in [7, 11) is -2.16. The second kappa shape index (κ2) is 6.02. The number of hydrogen-bond acceptors (Lipinski definition) is 5. The third kappa shape index (κ3) is 3.65. The Bertz CT molecular complexity index is 744. The highest BCUT2D eigenvalue weighted by atomic mass is 32.2. The smallest absolute Gasteiger partial charge is 0.240 e. The van der Waals surface area contributed by atoms with Crippen molar-refractivity contribution < 1.29 is 18.3 Å². The van der Waals surface area contributed by atoms with Crippen molar-refractivity contribution in [2.24, 2.45) is 0 Å². The molecule has 0 aliphatic heterocycles. The lowest BCUT2D eigenvalue weighted by molar-refractivity contribution is 0.414. The number of aromatic hydroxyl groups is 1. The molecule has 0 aliphatic carbocycles. The highest BCUT2D eigenvalue weighted by Gasteiger charge is 2.15. The predicted molar refractivity (Wildman–Crippen MR) is 79.5 cm³/mol. The minimum absolute atomic E-state index is 0.000645. The zero-order valence-corrected chi connectivity index (χ0v) is 12.2. The van der Waals surface area contributed by atoms with E-state index in [-0.39, 0.29) is 22.9 Å². The van der Waals surface area contributed by atoms with E-state index in [1.54, 1.807) is 31.4 Å². The number of nitrogens with two attached hydrogens (primary N) is 1. The van der Waals surface area contributed by atoms with Gasteiger partial charge in [-0.15, -0.1) is 0 Å². The Morgan fingerprint density at radius 3 is 2.67 bits per heavy atom. The zero-order valence-electron chi connectivity index (χ0n) is 11.4. The predicted octanol–water partition coefficient (Wildman–Crippen LogP) is 1.46. The number of nitrogens with one attached hydrogen (secondary N) is 1. The van der Waals surface area contributed by atoms with Crippen molar-refractivity contribution in [1.29, 1.82) is 0 Å². The van der Waals surface area contributed by atoms with Crippen LogP contribution in [0, 0.1) is 0 Å². The van der Waals surface area contributed by atoms with E-state index in [2.05, 4.69) is 4.72 Å². The van der Waals surface area contributed by atoms with Gasteiger partial charge in [-0.25, -0.2) is 13.1 Å². The molecule has 0 heterocycles. The van der Waals surface area contributed by atoms with Crippen LogP contribution in [-0.2, 0) is 16.6 Å². The molecule has 0 aliphatic rings. The molecular formula is C14H16N2O4S. The molecule has 2 aromatic carbocycles. The maximum Gasteiger partial charge on any atom is 0.240 e. The van der Waals surface area contributed by atoms with Crippen LogP contribution in [0.15, 0.2) is 47.4 Å². The lowest BCUT2D eigenvalue weighted by Crippen LogP contribution is -2.23. The summed E-state index contributed by atoms with van der Waals surface area (Å²) < 4.78 is 31.8. The maximum atomic E-state index is 12.1. The molecule has 0 radical (unpaired) electrons. The summed E-state index contributed by atoms with van der Waals surface area (Å²) in [6.45, 7) is 0.125. The third-order valence-electron chi connectivity index (χ3n) is 2.91. The van der Waals surface area contributed by atoms with Crippen molar-refractivity contribution >= 4 is 15.7 Å². The van der Waals surface area contributed by atoms with E-state index in [0.29, 0.717) is 5.75 Å². The molecule has 0 aromatic heterocycles. The molecule has 0 unspecified atom stereocenters. The highest BCUT2D eigenvalue weighted by molar-refractivity contribution is 7.89. The zero-order chi connectivity index (χ0) is 15.5. The first-order valence-corrected chi connectivity index (χ1v) is 7.62. The van der Waals surface area contributed by atoms with Gasteiger partial charge in [0.1, 0.15) is 11.5 Å². The second-order valence-electron chi connectivity index (χ2n) is 4.40. The fourth-order valence-electron chi connectivity index (χ4n) is 1.74. The van der Waals surface area contributed by atoms with Gasteiger partial charge in [-0.2, -0.15) is 0 Å². The molecule has 2 aromatic rings. The van der Waals surface area contributed by atoms with Gasteiger partial charge in [-0.05, 0) is 35.9 Å². The molecule has 6 nitrogen and oxygen atoms in total. The Kier molecular flexibility index (Phi) is 4.35. The number of anilines is 1. The summed E-state index contributed by atoms with van der Waals surface area (Å²) in [5, 5.41) is 9.32. The van der Waals surface area contributed by atoms with E-state index >= 15 is 0 Å². The Morgan fingerprint density at radius 2 is 2.00 bits per heavy atom. The van der Waals surface area contributed by atoms with Gasteiger partial charge in [0.2, 0.25) is 10.0 Å². The van der Waals surface area contributed by atoms with Crippen molar-refractivity contribution in [3.63, 3.8) is 0 Å². The van der Waals surface area contributed by atoms with Crippen LogP contribution in [0.5, 0.6) is 11.5 Å². The first-order chi connectivity index (χ1) is 9.92. The quantitative estimate of drug-likeness (QED) is 0.573. The summed E-state index contributed by atoms with van der Waals surface area (Å²) in [6.07, 6.45) is 0. The lowest BCUT2D eigenvalue weighted by Gasteiger charge is -2.09. The molecule has 0 saturated heterocycles. The van der Waals surface area contributed by atoms with Crippen LogP contribution in [0.4, 0.5) is 5.69 Å². The molecule has 0 amide bonds. The molecule has 112 valence electrons. The molecule has 4 N–H and O–H groups in total. The SMILES string of the molecule is COc1cccc(CNS(=O)(=O)c2ccc(O)c(N)c2)c1. The Morgan fingerprint density at radius 1 is 1.24 bits per heavy atom. The van der Waals surface area contributed by atoms with Crippen LogP contribution in [0.1, 0.15) is 5.56 Å². The topological polar surface area (TPSA) is 102 Å². The number of hydrogen-bond donors (Lipinski definition) is 3. The van der Waals surface area contributed by atoms with Crippen molar-refractivity contribution in [1.82, 2.24) is 4.72 Å². The average molecular weight is 308 g/mol. The lowest BCUT2D eigenvalue weighted by atomic mass is 10.2. The fourth-order valence-corrected chi connectivity index (χ4v) is 2.80. The average Bonchev–Trinajstić information content (AvgIpc) is 2.48. The van der Waals surface area contributed by atoms with Gasteiger partial charge in [-0.1, -0.05) is 12.1 Å². The molecule has 0 spiro atoms. The number of phenols is 1. The first kappa shape index (κ1) is 15.1. The van der Waals surface area contributed by atoms with Crippen molar-refractivity contribution in [2.75, 3.05) is 12.8 Å². The molecule has 0 bridgehead atoms. The van der Waals surface area contributed by atoms with Crippen LogP contribution < -0.4 is 15.2 Å². The number of phenolic OH excluding ortho intramolecular Hbond substituents is 1. The Hall–Kier alpha value is -2.25. The van der Waals surface area contributed by atoms with Crippen LogP contribution in [0.3, 0.4) is 0 Å². The molecule has 21 heavy (non-hydrogen) atoms. The van der Waals surface area contributed by atoms with E-state index in [0.717, 1.165) is 5.56 Å². The summed E-state index contributed by atoms with van der Waals surface area (Å²) in [4.78, 5) is 0.000645. The van der Waals surface area contributed by atoms with Crippen LogP contribution >= 0.6 is 0 Å². The largest absolute Gasteiger partial charge is 0.506 e. The van der Waals surface area contributed by atoms with Crippen molar-refractivity contribution in [3.05, 3.63) is 48.0 Å². The van der Waals surface area contributed by atoms with Gasteiger partial charge in [0.25, 0.3) is 0 Å². The third-order valence-corrected chi connectivity index (χ3v) is 4.31. The minimum Gasteiger partial charge on any atom is -0.506 e. The monoisotopic (exact) mass is 308 g/mol. The number of ether oxygens (including phenoxy) is 1. The van der Waals surface area contributed by atoms with Gasteiger partial charge in [0.05, 0.1) is 17.7 Å². The van der Waals surface area contributed by atoms with Crippen LogP contribution in [-0.4, -0.2) is 20.6 Å². The van der Waals surface area contributed by atoms with Crippen molar-refractivity contribution in [2.45, 2.75) is 11.4 Å². The van der Waals surface area contributed by atoms with Crippen LogP contribution in [0.2, 0.25) is 0 Å². The number of sulfonamides is 1. The minimum atomic E-state index is -3.70. The Balaban J connectivity index is 2.15. The van der Waals surface area contributed by atoms with Gasteiger partial charge >= 0.3 is 0 Å². The molecule has 2 rings (SSSR count). The normalized spacial score (nSPS) is 11.3. The standard InChI is InChI=1S/C14H16N2O4S/c1-20-11-4-2-3-10(7-11)9-16-21(18,19)12-5-6-14(17)13(15)8-12/h2-8,16-17H,9,15H2,1H3. The summed E-state index contributed by atoms with van der Waals surface area (Å²) in [5.74, 6) is 0.502. The first-order valence-electron chi connectivity index (χ1n) is 6.13. The molecule has 7 heteroatoms. The maximum absolute atomic E-state index is 12.1. The summed E-state index contributed by atoms with van der Waals surface area (Å²) >= 11 is 0. The number of rotatable bonds is 5. The molecule has 0 atom stereocenters. The summed E-state index contributed by atoms with van der Waals surface area (Å²) in [6, 6.07) is 10.8. The van der Waals surface area contributed by atoms with E-state index in [1.165, 1.54) is 18.2 Å². The number of methoxy groups -OCH3 is 1. The van der Waals surface area contributed by atoms with Gasteiger partial charge < -0.3 is 15.6 Å². The highest BCUT2D eigenvalue weighted by Crippen LogP contribution is 2.23. The number of benzene rings is 2. The van der Waals surface area contributed by atoms with Crippen LogP contribution in [0.25, 0.3) is 0 Å². The molecule has 0 saturated carbocycles. The molecule has 0 fully saturated rings. The van der Waals surface area contributed by atoms with E-state index in [9.17, 15) is 13.5 Å². The molecular weight excluding hydrogens is 292 g/mol. The van der Waals surface area contributed by atoms with E-state index in [4.69, 9.17) is 10.5 Å². The van der Waals surface area contributed by atoms with Gasteiger partial charge in [-0.3, -0.25) is 0 Å². The van der Waals surface area contributed by atoms with E-state index < -0.39 is 10.0 Å². The number of nitrogen functional groups attached to an aromatic ring is 1. The van der Waals surface area contributed by atoms with Gasteiger partial charge in [0, 0.05) is 6.54 Å². The fraction of sp³-hybridized carbons (Fsp3) is 0.143. The van der Waals surface area contributed by atoms with Gasteiger partial charge in [0.15, 0.2) is 0 Å².